The van der Waals surface area contributed by atoms with Gasteiger partial charge in [-0.3, -0.25) is 9.59 Å². The second kappa shape index (κ2) is 9.05. The van der Waals surface area contributed by atoms with Gasteiger partial charge in [-0.15, -0.1) is 0 Å². The van der Waals surface area contributed by atoms with E-state index in [9.17, 15) is 14.4 Å². The largest absolute Gasteiger partial charge is 0.491 e. The predicted molar refractivity (Wildman–Crippen MR) is 109 cm³/mol. The highest BCUT2D eigenvalue weighted by Crippen LogP contribution is 2.18. The Balaban J connectivity index is 1.45. The van der Waals surface area contributed by atoms with Gasteiger partial charge in [-0.1, -0.05) is 35.9 Å². The van der Waals surface area contributed by atoms with Crippen LogP contribution >= 0.6 is 0 Å². The van der Waals surface area contributed by atoms with Gasteiger partial charge in [0.05, 0.1) is 6.54 Å². The second-order valence-electron chi connectivity index (χ2n) is 6.64. The maximum Gasteiger partial charge on any atom is 0.355 e. The van der Waals surface area contributed by atoms with Crippen molar-refractivity contribution in [2.24, 2.45) is 0 Å². The molecule has 150 valence electrons. The first-order valence-electron chi connectivity index (χ1n) is 9.20. The number of rotatable bonds is 7. The van der Waals surface area contributed by atoms with Crippen molar-refractivity contribution in [2.45, 2.75) is 13.8 Å². The average Bonchev–Trinajstić information content (AvgIpc) is 2.70. The van der Waals surface area contributed by atoms with Crippen LogP contribution in [-0.4, -0.2) is 36.6 Å². The van der Waals surface area contributed by atoms with E-state index >= 15 is 0 Å². The molecule has 1 aromatic heterocycles. The molecule has 0 radical (unpaired) electrons. The first kappa shape index (κ1) is 20.1. The highest BCUT2D eigenvalue weighted by Gasteiger charge is 2.13. The molecule has 1 amide bonds. The number of aromatic amines is 1. The van der Waals surface area contributed by atoms with E-state index in [0.29, 0.717) is 17.4 Å². The number of aryl methyl sites for hydroxylation is 2. The first-order valence-corrected chi connectivity index (χ1v) is 9.20. The summed E-state index contributed by atoms with van der Waals surface area (Å²) in [5, 5.41) is 3.72. The van der Waals surface area contributed by atoms with Crippen LogP contribution < -0.4 is 15.6 Å². The van der Waals surface area contributed by atoms with Crippen LogP contribution in [0.25, 0.3) is 10.8 Å². The number of hydrogen-bond acceptors (Lipinski definition) is 5. The standard InChI is InChI=1S/C22H22N2O5/c1-14-7-8-19(15(2)11-14)28-10-9-23-20(25)13-29-22(27)18-12-16-5-3-4-6-17(16)21(26)24-18/h3-8,11-12H,9-10,13H2,1-2H3,(H,23,25)(H,24,26). The lowest BCUT2D eigenvalue weighted by Gasteiger charge is -2.11. The molecule has 0 aliphatic carbocycles. The Kier molecular flexibility index (Phi) is 6.29. The Morgan fingerprint density at radius 3 is 2.66 bits per heavy atom. The summed E-state index contributed by atoms with van der Waals surface area (Å²) in [5.74, 6) is -0.461. The monoisotopic (exact) mass is 394 g/mol. The fourth-order valence-corrected chi connectivity index (χ4v) is 2.89. The number of carbonyl (C=O) groups excluding carboxylic acids is 2. The molecule has 1 heterocycles. The zero-order valence-electron chi connectivity index (χ0n) is 16.3. The molecule has 0 aliphatic heterocycles. The van der Waals surface area contributed by atoms with E-state index in [2.05, 4.69) is 10.3 Å². The highest BCUT2D eigenvalue weighted by atomic mass is 16.5. The van der Waals surface area contributed by atoms with Gasteiger partial charge in [0, 0.05) is 5.39 Å². The Hall–Kier alpha value is -3.61. The number of amides is 1. The van der Waals surface area contributed by atoms with Crippen LogP contribution in [0.15, 0.2) is 53.3 Å². The van der Waals surface area contributed by atoms with Gasteiger partial charge >= 0.3 is 5.97 Å². The SMILES string of the molecule is Cc1ccc(OCCNC(=O)COC(=O)c2cc3ccccc3c(=O)[nH]2)c(C)c1. The molecule has 3 rings (SSSR count). The third kappa shape index (κ3) is 5.22. The predicted octanol–water partition coefficient (Wildman–Crippen LogP) is 2.50. The summed E-state index contributed by atoms with van der Waals surface area (Å²) in [4.78, 5) is 38.5. The number of benzene rings is 2. The van der Waals surface area contributed by atoms with Crippen molar-refractivity contribution >= 4 is 22.6 Å². The summed E-state index contributed by atoms with van der Waals surface area (Å²) in [6.45, 7) is 4.08. The molecule has 7 nitrogen and oxygen atoms in total. The molecule has 0 spiro atoms. The van der Waals surface area contributed by atoms with E-state index in [1.165, 1.54) is 6.07 Å². The molecule has 0 atom stereocenters. The number of aromatic nitrogens is 1. The van der Waals surface area contributed by atoms with Crippen molar-refractivity contribution in [3.05, 3.63) is 75.7 Å². The van der Waals surface area contributed by atoms with E-state index in [4.69, 9.17) is 9.47 Å². The number of pyridine rings is 1. The van der Waals surface area contributed by atoms with Crippen molar-refractivity contribution < 1.29 is 19.1 Å². The summed E-state index contributed by atoms with van der Waals surface area (Å²) >= 11 is 0. The average molecular weight is 394 g/mol. The number of hydrogen-bond donors (Lipinski definition) is 2. The van der Waals surface area contributed by atoms with Crippen LogP contribution in [0.3, 0.4) is 0 Å². The summed E-state index contributed by atoms with van der Waals surface area (Å²) in [6, 6.07) is 14.3. The van der Waals surface area contributed by atoms with Gasteiger partial charge < -0.3 is 19.8 Å². The highest BCUT2D eigenvalue weighted by molar-refractivity contribution is 5.94. The van der Waals surface area contributed by atoms with E-state index in [0.717, 1.165) is 16.9 Å². The molecule has 0 saturated carbocycles. The van der Waals surface area contributed by atoms with Crippen LogP contribution in [0.1, 0.15) is 21.6 Å². The lowest BCUT2D eigenvalue weighted by molar-refractivity contribution is -0.124. The normalized spacial score (nSPS) is 10.6. The quantitative estimate of drug-likeness (QED) is 0.474. The third-order valence-electron chi connectivity index (χ3n) is 4.32. The topological polar surface area (TPSA) is 97.5 Å². The van der Waals surface area contributed by atoms with Gasteiger partial charge in [0.1, 0.15) is 18.1 Å². The molecule has 7 heteroatoms. The molecule has 2 N–H and O–H groups in total. The van der Waals surface area contributed by atoms with Gasteiger partial charge in [-0.25, -0.2) is 4.79 Å². The number of H-pyrrole nitrogens is 1. The van der Waals surface area contributed by atoms with Crippen molar-refractivity contribution in [2.75, 3.05) is 19.8 Å². The zero-order chi connectivity index (χ0) is 20.8. The maximum absolute atomic E-state index is 12.1. The van der Waals surface area contributed by atoms with Crippen LogP contribution in [0, 0.1) is 13.8 Å². The second-order valence-corrected chi connectivity index (χ2v) is 6.64. The Morgan fingerprint density at radius 2 is 1.86 bits per heavy atom. The number of esters is 1. The zero-order valence-corrected chi connectivity index (χ0v) is 16.3. The van der Waals surface area contributed by atoms with Gasteiger partial charge in [0.25, 0.3) is 11.5 Å². The Labute approximate surface area is 167 Å². The summed E-state index contributed by atoms with van der Waals surface area (Å²) in [7, 11) is 0. The molecule has 3 aromatic rings. The molecule has 0 aliphatic rings. The molecule has 0 unspecified atom stereocenters. The lowest BCUT2D eigenvalue weighted by Crippen LogP contribution is -2.32. The molecular weight excluding hydrogens is 372 g/mol. The first-order chi connectivity index (χ1) is 13.9. The van der Waals surface area contributed by atoms with Crippen molar-refractivity contribution in [3.8, 4) is 5.75 Å². The third-order valence-corrected chi connectivity index (χ3v) is 4.32. The molecule has 0 bridgehead atoms. The van der Waals surface area contributed by atoms with Crippen LogP contribution in [-0.2, 0) is 9.53 Å². The Morgan fingerprint density at radius 1 is 1.07 bits per heavy atom. The molecule has 0 fully saturated rings. The molecular formula is C22H22N2O5. The number of fused-ring (bicyclic) bond motifs is 1. The smallest absolute Gasteiger partial charge is 0.355 e. The van der Waals surface area contributed by atoms with Gasteiger partial charge in [0.15, 0.2) is 6.61 Å². The van der Waals surface area contributed by atoms with E-state index in [1.807, 2.05) is 32.0 Å². The number of ether oxygens (including phenoxy) is 2. The minimum Gasteiger partial charge on any atom is -0.491 e. The minimum atomic E-state index is -0.769. The van der Waals surface area contributed by atoms with Gasteiger partial charge in [0.2, 0.25) is 0 Å². The van der Waals surface area contributed by atoms with E-state index < -0.39 is 18.5 Å². The summed E-state index contributed by atoms with van der Waals surface area (Å²) < 4.78 is 10.6. The van der Waals surface area contributed by atoms with Crippen molar-refractivity contribution in [1.82, 2.24) is 10.3 Å². The van der Waals surface area contributed by atoms with Gasteiger partial charge in [-0.2, -0.15) is 0 Å². The minimum absolute atomic E-state index is 0.000297. The Bertz CT molecular complexity index is 1100. The fraction of sp³-hybridized carbons (Fsp3) is 0.227. The lowest BCUT2D eigenvalue weighted by atomic mass is 10.1. The van der Waals surface area contributed by atoms with Gasteiger partial charge in [-0.05, 0) is 43.0 Å². The van der Waals surface area contributed by atoms with E-state index in [-0.39, 0.29) is 17.8 Å². The summed E-state index contributed by atoms with van der Waals surface area (Å²) in [5.41, 5.74) is 1.79. The molecule has 2 aromatic carbocycles. The summed E-state index contributed by atoms with van der Waals surface area (Å²) in [6.07, 6.45) is 0. The fourth-order valence-electron chi connectivity index (χ4n) is 2.89. The van der Waals surface area contributed by atoms with Crippen LogP contribution in [0.2, 0.25) is 0 Å². The number of nitrogens with one attached hydrogen (secondary N) is 2. The van der Waals surface area contributed by atoms with Crippen molar-refractivity contribution in [1.29, 1.82) is 0 Å². The maximum atomic E-state index is 12.1. The van der Waals surface area contributed by atoms with Crippen LogP contribution in [0.5, 0.6) is 5.75 Å². The molecule has 29 heavy (non-hydrogen) atoms. The van der Waals surface area contributed by atoms with E-state index in [1.54, 1.807) is 24.3 Å². The molecule has 0 saturated heterocycles. The van der Waals surface area contributed by atoms with Crippen molar-refractivity contribution in [3.63, 3.8) is 0 Å². The van der Waals surface area contributed by atoms with Crippen LogP contribution in [0.4, 0.5) is 0 Å². The number of carbonyl (C=O) groups is 2.